The van der Waals surface area contributed by atoms with Gasteiger partial charge in [0.25, 0.3) is 0 Å². The standard InChI is InChI=1S/C15H19N5OS/c1-10-11(2)22-15-13(10)14(17-4-3-16)18-12(19-15)9-20-5-7-21-8-6-20/h4-9H2,1-2H3,(H,17,18,19). The smallest absolute Gasteiger partial charge is 0.146 e. The summed E-state index contributed by atoms with van der Waals surface area (Å²) >= 11 is 1.69. The van der Waals surface area contributed by atoms with E-state index in [2.05, 4.69) is 35.1 Å². The van der Waals surface area contributed by atoms with E-state index in [0.29, 0.717) is 0 Å². The number of nitrogens with one attached hydrogen (secondary N) is 1. The lowest BCUT2D eigenvalue weighted by molar-refractivity contribution is 0.0331. The number of anilines is 1. The van der Waals surface area contributed by atoms with E-state index in [1.54, 1.807) is 11.3 Å². The average Bonchev–Trinajstić information content (AvgIpc) is 2.81. The van der Waals surface area contributed by atoms with Crippen molar-refractivity contribution in [2.45, 2.75) is 20.4 Å². The Balaban J connectivity index is 1.95. The van der Waals surface area contributed by atoms with Gasteiger partial charge in [0, 0.05) is 18.0 Å². The summed E-state index contributed by atoms with van der Waals surface area (Å²) in [6.45, 7) is 8.48. The number of morpholine rings is 1. The minimum atomic E-state index is 0.247. The number of aromatic nitrogens is 2. The molecule has 1 fully saturated rings. The highest BCUT2D eigenvalue weighted by Gasteiger charge is 2.17. The first-order valence-corrected chi connectivity index (χ1v) is 8.18. The first-order valence-electron chi connectivity index (χ1n) is 7.36. The Morgan fingerprint density at radius 2 is 2.09 bits per heavy atom. The van der Waals surface area contributed by atoms with E-state index in [-0.39, 0.29) is 6.54 Å². The van der Waals surface area contributed by atoms with E-state index in [1.165, 1.54) is 10.4 Å². The second-order valence-electron chi connectivity index (χ2n) is 5.35. The fourth-order valence-corrected chi connectivity index (χ4v) is 3.62. The number of hydrogen-bond donors (Lipinski definition) is 1. The molecule has 0 saturated carbocycles. The van der Waals surface area contributed by atoms with Gasteiger partial charge in [0.1, 0.15) is 23.0 Å². The van der Waals surface area contributed by atoms with Crippen LogP contribution in [0.2, 0.25) is 0 Å². The topological polar surface area (TPSA) is 74.1 Å². The van der Waals surface area contributed by atoms with Crippen LogP contribution in [0.4, 0.5) is 5.82 Å². The SMILES string of the molecule is Cc1sc2nc(CN3CCOCC3)nc(NCC#N)c2c1C. The lowest BCUT2D eigenvalue weighted by Crippen LogP contribution is -2.36. The Hall–Kier alpha value is -1.75. The second-order valence-corrected chi connectivity index (χ2v) is 6.56. The van der Waals surface area contributed by atoms with Crippen molar-refractivity contribution in [3.8, 4) is 6.07 Å². The van der Waals surface area contributed by atoms with Crippen molar-refractivity contribution >= 4 is 27.4 Å². The van der Waals surface area contributed by atoms with Gasteiger partial charge in [-0.3, -0.25) is 4.90 Å². The van der Waals surface area contributed by atoms with Crippen molar-refractivity contribution in [1.29, 1.82) is 5.26 Å². The van der Waals surface area contributed by atoms with E-state index in [1.807, 2.05) is 0 Å². The first kappa shape index (κ1) is 15.2. The molecule has 7 heteroatoms. The Kier molecular flexibility index (Phi) is 4.52. The third-order valence-electron chi connectivity index (χ3n) is 3.88. The molecule has 0 atom stereocenters. The molecule has 0 aromatic carbocycles. The van der Waals surface area contributed by atoms with Crippen LogP contribution in [0.5, 0.6) is 0 Å². The summed E-state index contributed by atoms with van der Waals surface area (Å²) in [5.74, 6) is 1.58. The molecule has 1 aliphatic heterocycles. The summed E-state index contributed by atoms with van der Waals surface area (Å²) in [5, 5.41) is 13.0. The maximum absolute atomic E-state index is 8.83. The summed E-state index contributed by atoms with van der Waals surface area (Å²) in [6.07, 6.45) is 0. The Morgan fingerprint density at radius 3 is 2.82 bits per heavy atom. The number of aryl methyl sites for hydroxylation is 2. The van der Waals surface area contributed by atoms with E-state index in [4.69, 9.17) is 15.0 Å². The quantitative estimate of drug-likeness (QED) is 0.870. The largest absolute Gasteiger partial charge is 0.379 e. The molecule has 22 heavy (non-hydrogen) atoms. The summed E-state index contributed by atoms with van der Waals surface area (Å²) < 4.78 is 5.37. The lowest BCUT2D eigenvalue weighted by Gasteiger charge is -2.25. The molecule has 1 aliphatic rings. The summed E-state index contributed by atoms with van der Waals surface area (Å²) in [6, 6.07) is 2.11. The Bertz CT molecular complexity index is 715. The van der Waals surface area contributed by atoms with Crippen molar-refractivity contribution in [2.24, 2.45) is 0 Å². The zero-order valence-corrected chi connectivity index (χ0v) is 13.7. The number of fused-ring (bicyclic) bond motifs is 1. The third kappa shape index (κ3) is 3.04. The predicted octanol–water partition coefficient (Wildman–Crippen LogP) is 2.08. The minimum absolute atomic E-state index is 0.247. The number of hydrogen-bond acceptors (Lipinski definition) is 7. The predicted molar refractivity (Wildman–Crippen MR) is 87.1 cm³/mol. The zero-order valence-electron chi connectivity index (χ0n) is 12.8. The van der Waals surface area contributed by atoms with Crippen LogP contribution in [0.15, 0.2) is 0 Å². The molecule has 0 aliphatic carbocycles. The highest BCUT2D eigenvalue weighted by Crippen LogP contribution is 2.33. The van der Waals surface area contributed by atoms with Gasteiger partial charge in [0.15, 0.2) is 0 Å². The van der Waals surface area contributed by atoms with Crippen LogP contribution in [0.3, 0.4) is 0 Å². The first-order chi connectivity index (χ1) is 10.7. The molecule has 2 aromatic heterocycles. The van der Waals surface area contributed by atoms with Gasteiger partial charge in [0.05, 0.1) is 31.2 Å². The maximum atomic E-state index is 8.83. The van der Waals surface area contributed by atoms with Crippen molar-refractivity contribution in [2.75, 3.05) is 38.2 Å². The van der Waals surface area contributed by atoms with Gasteiger partial charge in [-0.2, -0.15) is 5.26 Å². The molecule has 0 unspecified atom stereocenters. The maximum Gasteiger partial charge on any atom is 0.146 e. The van der Waals surface area contributed by atoms with Crippen molar-refractivity contribution < 1.29 is 4.74 Å². The molecule has 0 spiro atoms. The highest BCUT2D eigenvalue weighted by atomic mass is 32.1. The molecule has 2 aromatic rings. The van der Waals surface area contributed by atoms with Crippen LogP contribution in [0.25, 0.3) is 10.2 Å². The minimum Gasteiger partial charge on any atom is -0.379 e. The van der Waals surface area contributed by atoms with Crippen LogP contribution < -0.4 is 5.32 Å². The van der Waals surface area contributed by atoms with Gasteiger partial charge in [-0.15, -0.1) is 11.3 Å². The second kappa shape index (κ2) is 6.57. The number of ether oxygens (including phenoxy) is 1. The Morgan fingerprint density at radius 1 is 1.32 bits per heavy atom. The molecule has 6 nitrogen and oxygen atoms in total. The van der Waals surface area contributed by atoms with E-state index < -0.39 is 0 Å². The van der Waals surface area contributed by atoms with Crippen molar-refractivity contribution in [1.82, 2.24) is 14.9 Å². The average molecular weight is 317 g/mol. The number of thiophene rings is 1. The molecule has 3 rings (SSSR count). The van der Waals surface area contributed by atoms with E-state index in [9.17, 15) is 0 Å². The van der Waals surface area contributed by atoms with Gasteiger partial charge >= 0.3 is 0 Å². The number of rotatable bonds is 4. The zero-order chi connectivity index (χ0) is 15.5. The molecule has 0 radical (unpaired) electrons. The molecule has 1 saturated heterocycles. The lowest BCUT2D eigenvalue weighted by atomic mass is 10.2. The number of nitriles is 1. The summed E-state index contributed by atoms with van der Waals surface area (Å²) in [5.41, 5.74) is 1.19. The Labute approximate surface area is 133 Å². The molecule has 0 bridgehead atoms. The fourth-order valence-electron chi connectivity index (χ4n) is 2.57. The van der Waals surface area contributed by atoms with Gasteiger partial charge in [-0.05, 0) is 19.4 Å². The van der Waals surface area contributed by atoms with Crippen LogP contribution >= 0.6 is 11.3 Å². The van der Waals surface area contributed by atoms with Crippen molar-refractivity contribution in [3.05, 3.63) is 16.3 Å². The monoisotopic (exact) mass is 317 g/mol. The summed E-state index contributed by atoms with van der Waals surface area (Å²) in [7, 11) is 0. The van der Waals surface area contributed by atoms with Gasteiger partial charge in [-0.1, -0.05) is 0 Å². The molecule has 1 N–H and O–H groups in total. The van der Waals surface area contributed by atoms with Crippen LogP contribution in [0, 0.1) is 25.2 Å². The van der Waals surface area contributed by atoms with Crippen molar-refractivity contribution in [3.63, 3.8) is 0 Å². The van der Waals surface area contributed by atoms with Gasteiger partial charge in [0.2, 0.25) is 0 Å². The van der Waals surface area contributed by atoms with Crippen LogP contribution in [-0.2, 0) is 11.3 Å². The van der Waals surface area contributed by atoms with E-state index >= 15 is 0 Å². The molecular formula is C15H19N5OS. The fraction of sp³-hybridized carbons (Fsp3) is 0.533. The third-order valence-corrected chi connectivity index (χ3v) is 4.98. The molecule has 116 valence electrons. The molecular weight excluding hydrogens is 298 g/mol. The van der Waals surface area contributed by atoms with Gasteiger partial charge < -0.3 is 10.1 Å². The normalized spacial score (nSPS) is 15.9. The highest BCUT2D eigenvalue weighted by molar-refractivity contribution is 7.18. The van der Waals surface area contributed by atoms with Crippen LogP contribution in [0.1, 0.15) is 16.3 Å². The molecule has 3 heterocycles. The number of nitrogens with zero attached hydrogens (tertiary/aromatic N) is 4. The molecule has 0 amide bonds. The van der Waals surface area contributed by atoms with E-state index in [0.717, 1.165) is 54.7 Å². The van der Waals surface area contributed by atoms with Gasteiger partial charge in [-0.25, -0.2) is 9.97 Å². The summed E-state index contributed by atoms with van der Waals surface area (Å²) in [4.78, 5) is 13.9. The van der Waals surface area contributed by atoms with Crippen LogP contribution in [-0.4, -0.2) is 47.7 Å².